The first-order valence-corrected chi connectivity index (χ1v) is 6.49. The molecule has 0 radical (unpaired) electrons. The van der Waals surface area contributed by atoms with Gasteiger partial charge in [-0.2, -0.15) is 5.10 Å². The molecular weight excluding hydrogens is 224 g/mol. The Morgan fingerprint density at radius 1 is 1.33 bits per heavy atom. The van der Waals surface area contributed by atoms with Gasteiger partial charge in [0, 0.05) is 11.8 Å². The third kappa shape index (κ3) is 3.99. The lowest BCUT2D eigenvalue weighted by Gasteiger charge is -2.06. The standard InChI is InChI=1S/C15H22N2O/c1-5-13(6-2)10-16-17-15(18)14-8-7-11(3)9-12(14)4/h7-10,13H,5-6H2,1-4H3,(H,17,18)/b16-10-. The summed E-state index contributed by atoms with van der Waals surface area (Å²) < 4.78 is 0. The lowest BCUT2D eigenvalue weighted by atomic mass is 10.1. The third-order valence-electron chi connectivity index (χ3n) is 3.13. The number of hydrogen-bond donors (Lipinski definition) is 1. The number of hydrogen-bond acceptors (Lipinski definition) is 2. The van der Waals surface area contributed by atoms with Gasteiger partial charge in [-0.25, -0.2) is 5.43 Å². The Labute approximate surface area is 109 Å². The van der Waals surface area contributed by atoms with Crippen molar-refractivity contribution < 1.29 is 4.79 Å². The number of amides is 1. The van der Waals surface area contributed by atoms with Gasteiger partial charge in [0.25, 0.3) is 5.91 Å². The van der Waals surface area contributed by atoms with Crippen molar-refractivity contribution >= 4 is 12.1 Å². The Morgan fingerprint density at radius 2 is 2.00 bits per heavy atom. The molecule has 0 saturated heterocycles. The summed E-state index contributed by atoms with van der Waals surface area (Å²) in [5.41, 5.74) is 5.41. The van der Waals surface area contributed by atoms with E-state index in [9.17, 15) is 4.79 Å². The minimum atomic E-state index is -0.144. The van der Waals surface area contributed by atoms with Crippen LogP contribution in [0.25, 0.3) is 0 Å². The monoisotopic (exact) mass is 246 g/mol. The fourth-order valence-corrected chi connectivity index (χ4v) is 1.83. The van der Waals surface area contributed by atoms with Gasteiger partial charge in [-0.15, -0.1) is 0 Å². The number of carbonyl (C=O) groups excluding carboxylic acids is 1. The van der Waals surface area contributed by atoms with Crippen LogP contribution < -0.4 is 5.43 Å². The van der Waals surface area contributed by atoms with Gasteiger partial charge < -0.3 is 0 Å². The van der Waals surface area contributed by atoms with Crippen molar-refractivity contribution in [2.75, 3.05) is 0 Å². The van der Waals surface area contributed by atoms with Crippen LogP contribution in [-0.4, -0.2) is 12.1 Å². The second kappa shape index (κ2) is 6.94. The van der Waals surface area contributed by atoms with Gasteiger partial charge in [0.2, 0.25) is 0 Å². The molecule has 0 unspecified atom stereocenters. The molecule has 1 rings (SSSR count). The van der Waals surface area contributed by atoms with Crippen LogP contribution in [0.5, 0.6) is 0 Å². The summed E-state index contributed by atoms with van der Waals surface area (Å²) in [4.78, 5) is 11.9. The predicted molar refractivity (Wildman–Crippen MR) is 75.9 cm³/mol. The van der Waals surface area contributed by atoms with Crippen LogP contribution in [0.4, 0.5) is 0 Å². The van der Waals surface area contributed by atoms with Gasteiger partial charge in [-0.1, -0.05) is 31.5 Å². The van der Waals surface area contributed by atoms with E-state index in [0.29, 0.717) is 11.5 Å². The highest BCUT2D eigenvalue weighted by Gasteiger charge is 2.07. The summed E-state index contributed by atoms with van der Waals surface area (Å²) in [6, 6.07) is 5.78. The van der Waals surface area contributed by atoms with Crippen LogP contribution in [0, 0.1) is 19.8 Å². The topological polar surface area (TPSA) is 41.5 Å². The molecule has 0 heterocycles. The van der Waals surface area contributed by atoms with Crippen molar-refractivity contribution in [2.45, 2.75) is 40.5 Å². The smallest absolute Gasteiger partial charge is 0.267 e. The maximum atomic E-state index is 11.9. The van der Waals surface area contributed by atoms with E-state index in [0.717, 1.165) is 24.0 Å². The molecule has 1 aromatic rings. The molecule has 0 aliphatic carbocycles. The molecule has 0 aliphatic rings. The van der Waals surface area contributed by atoms with Crippen LogP contribution in [0.1, 0.15) is 48.2 Å². The highest BCUT2D eigenvalue weighted by Crippen LogP contribution is 2.10. The van der Waals surface area contributed by atoms with E-state index >= 15 is 0 Å². The van der Waals surface area contributed by atoms with Gasteiger partial charge in [0.1, 0.15) is 0 Å². The normalized spacial score (nSPS) is 11.2. The Morgan fingerprint density at radius 3 is 2.56 bits per heavy atom. The lowest BCUT2D eigenvalue weighted by Crippen LogP contribution is -2.19. The molecule has 0 aromatic heterocycles. The molecule has 3 heteroatoms. The molecular formula is C15H22N2O. The highest BCUT2D eigenvalue weighted by atomic mass is 16.2. The number of aryl methyl sites for hydroxylation is 2. The average molecular weight is 246 g/mol. The molecule has 1 N–H and O–H groups in total. The first-order valence-electron chi connectivity index (χ1n) is 6.49. The van der Waals surface area contributed by atoms with Gasteiger partial charge in [-0.3, -0.25) is 4.79 Å². The number of nitrogens with zero attached hydrogens (tertiary/aromatic N) is 1. The van der Waals surface area contributed by atoms with Crippen LogP contribution in [0.2, 0.25) is 0 Å². The quantitative estimate of drug-likeness (QED) is 0.627. The number of benzene rings is 1. The van der Waals surface area contributed by atoms with Gasteiger partial charge in [0.05, 0.1) is 0 Å². The van der Waals surface area contributed by atoms with E-state index in [1.165, 1.54) is 0 Å². The molecule has 0 bridgehead atoms. The van der Waals surface area contributed by atoms with Crippen molar-refractivity contribution in [3.8, 4) is 0 Å². The predicted octanol–water partition coefficient (Wildman–Crippen LogP) is 3.46. The number of nitrogens with one attached hydrogen (secondary N) is 1. The van der Waals surface area contributed by atoms with Crippen molar-refractivity contribution in [3.63, 3.8) is 0 Å². The molecule has 0 aliphatic heterocycles. The molecule has 18 heavy (non-hydrogen) atoms. The molecule has 0 fully saturated rings. The zero-order chi connectivity index (χ0) is 13.5. The molecule has 1 aromatic carbocycles. The molecule has 0 saturated carbocycles. The van der Waals surface area contributed by atoms with Crippen molar-refractivity contribution in [3.05, 3.63) is 34.9 Å². The second-order valence-electron chi connectivity index (χ2n) is 4.61. The van der Waals surface area contributed by atoms with E-state index in [-0.39, 0.29) is 5.91 Å². The summed E-state index contributed by atoms with van der Waals surface area (Å²) in [6.07, 6.45) is 3.90. The summed E-state index contributed by atoms with van der Waals surface area (Å²) in [7, 11) is 0. The molecule has 0 atom stereocenters. The minimum absolute atomic E-state index is 0.144. The molecule has 3 nitrogen and oxygen atoms in total. The molecule has 1 amide bonds. The second-order valence-corrected chi connectivity index (χ2v) is 4.61. The van der Waals surface area contributed by atoms with Gasteiger partial charge in [-0.05, 0) is 44.2 Å². The van der Waals surface area contributed by atoms with E-state index in [2.05, 4.69) is 24.4 Å². The first-order chi connectivity index (χ1) is 8.58. The zero-order valence-electron chi connectivity index (χ0n) is 11.7. The third-order valence-corrected chi connectivity index (χ3v) is 3.13. The summed E-state index contributed by atoms with van der Waals surface area (Å²) in [5.74, 6) is 0.291. The fraction of sp³-hybridized carbons (Fsp3) is 0.467. The number of rotatable bonds is 5. The summed E-state index contributed by atoms with van der Waals surface area (Å²) >= 11 is 0. The summed E-state index contributed by atoms with van der Waals surface area (Å²) in [5, 5.41) is 4.03. The SMILES string of the molecule is CCC(/C=N\NC(=O)c1ccc(C)cc1C)CC. The van der Waals surface area contributed by atoms with E-state index in [1.54, 1.807) is 0 Å². The van der Waals surface area contributed by atoms with Crippen molar-refractivity contribution in [1.82, 2.24) is 5.43 Å². The molecule has 98 valence electrons. The van der Waals surface area contributed by atoms with Gasteiger partial charge in [0.15, 0.2) is 0 Å². The number of carbonyl (C=O) groups is 1. The van der Waals surface area contributed by atoms with Crippen molar-refractivity contribution in [2.24, 2.45) is 11.0 Å². The Kier molecular flexibility index (Phi) is 5.56. The van der Waals surface area contributed by atoms with E-state index in [4.69, 9.17) is 0 Å². The minimum Gasteiger partial charge on any atom is -0.267 e. The van der Waals surface area contributed by atoms with Crippen molar-refractivity contribution in [1.29, 1.82) is 0 Å². The fourth-order valence-electron chi connectivity index (χ4n) is 1.83. The van der Waals surface area contributed by atoms with Gasteiger partial charge >= 0.3 is 0 Å². The maximum Gasteiger partial charge on any atom is 0.271 e. The Balaban J connectivity index is 2.66. The number of hydrazone groups is 1. The van der Waals surface area contributed by atoms with Crippen LogP contribution in [0.3, 0.4) is 0 Å². The maximum absolute atomic E-state index is 11.9. The summed E-state index contributed by atoms with van der Waals surface area (Å²) in [6.45, 7) is 8.19. The van der Waals surface area contributed by atoms with E-state index < -0.39 is 0 Å². The lowest BCUT2D eigenvalue weighted by molar-refractivity contribution is 0.0954. The Hall–Kier alpha value is -1.64. The highest BCUT2D eigenvalue weighted by molar-refractivity contribution is 5.95. The van der Waals surface area contributed by atoms with Crippen LogP contribution in [-0.2, 0) is 0 Å². The largest absolute Gasteiger partial charge is 0.271 e. The Bertz CT molecular complexity index is 434. The molecule has 0 spiro atoms. The average Bonchev–Trinajstić information content (AvgIpc) is 2.34. The zero-order valence-corrected chi connectivity index (χ0v) is 11.7. The first kappa shape index (κ1) is 14.4. The van der Waals surface area contributed by atoms with E-state index in [1.807, 2.05) is 38.3 Å². The van der Waals surface area contributed by atoms with Crippen LogP contribution in [0.15, 0.2) is 23.3 Å². The van der Waals surface area contributed by atoms with Crippen LogP contribution >= 0.6 is 0 Å².